The molecule has 0 aliphatic heterocycles. The third-order valence-electron chi connectivity index (χ3n) is 6.57. The number of hydrogen-bond acceptors (Lipinski definition) is 7. The van der Waals surface area contributed by atoms with Crippen molar-refractivity contribution in [1.82, 2.24) is 16.0 Å². The fourth-order valence-electron chi connectivity index (χ4n) is 3.78. The quantitative estimate of drug-likeness (QED) is 0.175. The van der Waals surface area contributed by atoms with Crippen molar-refractivity contribution in [2.45, 2.75) is 39.3 Å². The van der Waals surface area contributed by atoms with Crippen LogP contribution in [0.25, 0.3) is 0 Å². The van der Waals surface area contributed by atoms with E-state index in [1.807, 2.05) is 54.6 Å². The SMILES string of the molecule is CC(C)(CO)C(O)C(=O)NCCC(=O)C(=O)NCc1ccc(C(=O)NCCc2ccc(Oc3ccccc3)cc2)cc1. The smallest absolute Gasteiger partial charge is 0.287 e. The zero-order valence-corrected chi connectivity index (χ0v) is 23.8. The van der Waals surface area contributed by atoms with Gasteiger partial charge in [-0.25, -0.2) is 0 Å². The molecule has 0 heterocycles. The molecule has 0 radical (unpaired) electrons. The molecule has 1 atom stereocenters. The molecule has 0 aliphatic carbocycles. The van der Waals surface area contributed by atoms with Crippen molar-refractivity contribution in [2.75, 3.05) is 19.7 Å². The standard InChI is InChI=1S/C32H37N3O7/c1-32(2,21-36)28(38)31(41)34-19-17-27(37)30(40)35-20-23-8-12-24(13-9-23)29(39)33-18-16-22-10-14-26(15-11-22)42-25-6-4-3-5-7-25/h3-15,28,36,38H,16-21H2,1-2H3,(H,33,39)(H,34,41)(H,35,40). The Hall–Kier alpha value is -4.54. The van der Waals surface area contributed by atoms with E-state index in [1.54, 1.807) is 24.3 Å². The maximum Gasteiger partial charge on any atom is 0.287 e. The summed E-state index contributed by atoms with van der Waals surface area (Å²) in [6, 6.07) is 23.9. The second-order valence-electron chi connectivity index (χ2n) is 10.5. The van der Waals surface area contributed by atoms with Gasteiger partial charge in [-0.05, 0) is 53.9 Å². The largest absolute Gasteiger partial charge is 0.457 e. The van der Waals surface area contributed by atoms with Crippen LogP contribution in [-0.4, -0.2) is 59.5 Å². The highest BCUT2D eigenvalue weighted by molar-refractivity contribution is 6.36. The molecule has 10 heteroatoms. The van der Waals surface area contributed by atoms with Crippen molar-refractivity contribution >= 4 is 23.5 Å². The number of amides is 3. The lowest BCUT2D eigenvalue weighted by atomic mass is 9.87. The van der Waals surface area contributed by atoms with E-state index in [0.29, 0.717) is 24.1 Å². The van der Waals surface area contributed by atoms with Crippen LogP contribution in [-0.2, 0) is 27.3 Å². The second kappa shape index (κ2) is 15.5. The fraction of sp³-hybridized carbons (Fsp3) is 0.312. The van der Waals surface area contributed by atoms with Crippen LogP contribution in [0, 0.1) is 5.41 Å². The molecule has 0 aromatic heterocycles. The van der Waals surface area contributed by atoms with Gasteiger partial charge in [-0.1, -0.05) is 56.3 Å². The molecule has 42 heavy (non-hydrogen) atoms. The molecular weight excluding hydrogens is 538 g/mol. The van der Waals surface area contributed by atoms with Crippen molar-refractivity contribution in [1.29, 1.82) is 0 Å². The third kappa shape index (κ3) is 9.83. The Bertz CT molecular complexity index is 1340. The molecule has 0 spiro atoms. The Balaban J connectivity index is 1.35. The Morgan fingerprint density at radius 3 is 2.05 bits per heavy atom. The second-order valence-corrected chi connectivity index (χ2v) is 10.5. The first-order chi connectivity index (χ1) is 20.1. The van der Waals surface area contributed by atoms with Crippen LogP contribution >= 0.6 is 0 Å². The first kappa shape index (κ1) is 32.0. The van der Waals surface area contributed by atoms with Crippen molar-refractivity contribution in [3.8, 4) is 11.5 Å². The summed E-state index contributed by atoms with van der Waals surface area (Å²) >= 11 is 0. The van der Waals surface area contributed by atoms with E-state index in [2.05, 4.69) is 16.0 Å². The minimum atomic E-state index is -1.45. The van der Waals surface area contributed by atoms with Crippen LogP contribution in [0.2, 0.25) is 0 Å². The van der Waals surface area contributed by atoms with E-state index < -0.39 is 35.7 Å². The summed E-state index contributed by atoms with van der Waals surface area (Å²) in [5.41, 5.74) is 1.19. The Morgan fingerprint density at radius 1 is 0.786 bits per heavy atom. The van der Waals surface area contributed by atoms with E-state index in [-0.39, 0.29) is 25.4 Å². The number of hydrogen-bond donors (Lipinski definition) is 5. The number of ether oxygens (including phenoxy) is 1. The van der Waals surface area contributed by atoms with Crippen LogP contribution in [0.5, 0.6) is 11.5 Å². The highest BCUT2D eigenvalue weighted by Gasteiger charge is 2.32. The number of benzene rings is 3. The average Bonchev–Trinajstić information content (AvgIpc) is 3.00. The van der Waals surface area contributed by atoms with Gasteiger partial charge in [0.25, 0.3) is 11.8 Å². The van der Waals surface area contributed by atoms with Gasteiger partial charge in [-0.2, -0.15) is 0 Å². The van der Waals surface area contributed by atoms with Gasteiger partial charge in [0.05, 0.1) is 6.61 Å². The summed E-state index contributed by atoms with van der Waals surface area (Å²) in [5, 5.41) is 27.0. The van der Waals surface area contributed by atoms with Gasteiger partial charge in [0.15, 0.2) is 0 Å². The predicted molar refractivity (Wildman–Crippen MR) is 157 cm³/mol. The molecule has 3 aromatic rings. The number of carbonyl (C=O) groups excluding carboxylic acids is 4. The molecule has 0 aliphatic rings. The molecule has 0 saturated carbocycles. The van der Waals surface area contributed by atoms with Crippen molar-refractivity contribution in [3.05, 3.63) is 95.6 Å². The van der Waals surface area contributed by atoms with Crippen molar-refractivity contribution in [3.63, 3.8) is 0 Å². The maximum absolute atomic E-state index is 12.5. The molecule has 0 fully saturated rings. The molecule has 10 nitrogen and oxygen atoms in total. The summed E-state index contributed by atoms with van der Waals surface area (Å²) in [7, 11) is 0. The van der Waals surface area contributed by atoms with Gasteiger partial charge in [0.2, 0.25) is 11.7 Å². The molecule has 222 valence electrons. The fourth-order valence-corrected chi connectivity index (χ4v) is 3.78. The predicted octanol–water partition coefficient (Wildman–Crippen LogP) is 2.52. The summed E-state index contributed by atoms with van der Waals surface area (Å²) in [6.07, 6.45) is -1.04. The van der Waals surface area contributed by atoms with E-state index in [1.165, 1.54) is 13.8 Å². The van der Waals surface area contributed by atoms with Crippen LogP contribution in [0.4, 0.5) is 0 Å². The topological polar surface area (TPSA) is 154 Å². The highest BCUT2D eigenvalue weighted by Crippen LogP contribution is 2.21. The molecule has 3 aromatic carbocycles. The minimum absolute atomic E-state index is 0.0895. The lowest BCUT2D eigenvalue weighted by molar-refractivity contribution is -0.139. The Kier molecular flexibility index (Phi) is 11.8. The van der Waals surface area contributed by atoms with Gasteiger partial charge in [0, 0.05) is 37.0 Å². The summed E-state index contributed by atoms with van der Waals surface area (Å²) in [5.74, 6) is -0.978. The van der Waals surface area contributed by atoms with Gasteiger partial charge in [-0.3, -0.25) is 19.2 Å². The Morgan fingerprint density at radius 2 is 1.40 bits per heavy atom. The van der Waals surface area contributed by atoms with Crippen LogP contribution in [0.3, 0.4) is 0 Å². The van der Waals surface area contributed by atoms with E-state index in [4.69, 9.17) is 4.74 Å². The number of ketones is 1. The molecule has 3 amide bonds. The average molecular weight is 576 g/mol. The molecule has 3 rings (SSSR count). The zero-order chi connectivity index (χ0) is 30.5. The first-order valence-electron chi connectivity index (χ1n) is 13.7. The van der Waals surface area contributed by atoms with E-state index >= 15 is 0 Å². The molecule has 1 unspecified atom stereocenters. The minimum Gasteiger partial charge on any atom is -0.457 e. The lowest BCUT2D eigenvalue weighted by Gasteiger charge is -2.27. The summed E-state index contributed by atoms with van der Waals surface area (Å²) < 4.78 is 5.79. The van der Waals surface area contributed by atoms with E-state index in [9.17, 15) is 29.4 Å². The van der Waals surface area contributed by atoms with Gasteiger partial charge in [0.1, 0.15) is 17.6 Å². The number of aliphatic hydroxyl groups is 2. The van der Waals surface area contributed by atoms with Crippen molar-refractivity contribution in [2.24, 2.45) is 5.41 Å². The zero-order valence-electron chi connectivity index (χ0n) is 23.8. The monoisotopic (exact) mass is 575 g/mol. The number of aliphatic hydroxyl groups excluding tert-OH is 2. The van der Waals surface area contributed by atoms with Crippen LogP contribution in [0.1, 0.15) is 41.8 Å². The molecular formula is C32H37N3O7. The number of rotatable bonds is 15. The van der Waals surface area contributed by atoms with Gasteiger partial charge in [-0.15, -0.1) is 0 Å². The first-order valence-corrected chi connectivity index (χ1v) is 13.7. The van der Waals surface area contributed by atoms with Gasteiger partial charge < -0.3 is 30.9 Å². The normalized spacial score (nSPS) is 11.7. The van der Waals surface area contributed by atoms with Crippen LogP contribution < -0.4 is 20.7 Å². The maximum atomic E-state index is 12.5. The number of nitrogens with one attached hydrogen (secondary N) is 3. The van der Waals surface area contributed by atoms with Gasteiger partial charge >= 0.3 is 0 Å². The number of para-hydroxylation sites is 1. The van der Waals surface area contributed by atoms with Crippen LogP contribution in [0.15, 0.2) is 78.9 Å². The lowest BCUT2D eigenvalue weighted by Crippen LogP contribution is -2.46. The Labute approximate surface area is 245 Å². The molecule has 5 N–H and O–H groups in total. The van der Waals surface area contributed by atoms with E-state index in [0.717, 1.165) is 17.1 Å². The highest BCUT2D eigenvalue weighted by atomic mass is 16.5. The van der Waals surface area contributed by atoms with Crippen molar-refractivity contribution < 1.29 is 34.1 Å². The summed E-state index contributed by atoms with van der Waals surface area (Å²) in [4.78, 5) is 48.7. The number of Topliss-reactive ketones (excluding diaryl/α,β-unsaturated/α-hetero) is 1. The third-order valence-corrected chi connectivity index (χ3v) is 6.57. The summed E-state index contributed by atoms with van der Waals surface area (Å²) in [6.45, 7) is 3.08. The molecule has 0 bridgehead atoms. The molecule has 0 saturated heterocycles. The number of carbonyl (C=O) groups is 4.